The maximum absolute atomic E-state index is 12.3. The third-order valence-corrected chi connectivity index (χ3v) is 4.06. The fourth-order valence-electron chi connectivity index (χ4n) is 2.91. The SMILES string of the molecule is CC[NH+]1CCC[C@@H]1CNC(=O)c1cc(N)ccc1OC. The topological polar surface area (TPSA) is 68.8 Å². The van der Waals surface area contributed by atoms with E-state index in [0.717, 1.165) is 6.54 Å². The Morgan fingerprint density at radius 3 is 3.05 bits per heavy atom. The molecule has 1 saturated heterocycles. The number of hydrogen-bond acceptors (Lipinski definition) is 3. The molecule has 1 aliphatic heterocycles. The van der Waals surface area contributed by atoms with Gasteiger partial charge in [-0.05, 0) is 25.1 Å². The summed E-state index contributed by atoms with van der Waals surface area (Å²) in [7, 11) is 1.56. The van der Waals surface area contributed by atoms with E-state index in [-0.39, 0.29) is 5.91 Å². The summed E-state index contributed by atoms with van der Waals surface area (Å²) in [6.45, 7) is 5.22. The fraction of sp³-hybridized carbons (Fsp3) is 0.533. The molecule has 0 aliphatic carbocycles. The van der Waals surface area contributed by atoms with E-state index in [1.807, 2.05) is 0 Å². The van der Waals surface area contributed by atoms with Gasteiger partial charge in [0.15, 0.2) is 0 Å². The summed E-state index contributed by atoms with van der Waals surface area (Å²) >= 11 is 0. The predicted molar refractivity (Wildman–Crippen MR) is 79.1 cm³/mol. The van der Waals surface area contributed by atoms with Crippen LogP contribution in [0.1, 0.15) is 30.1 Å². The van der Waals surface area contributed by atoms with E-state index in [9.17, 15) is 4.79 Å². The zero-order valence-electron chi connectivity index (χ0n) is 12.2. The lowest BCUT2D eigenvalue weighted by Gasteiger charge is -2.20. The minimum atomic E-state index is -0.114. The van der Waals surface area contributed by atoms with Gasteiger partial charge in [0.05, 0.1) is 32.3 Å². The number of quaternary nitrogens is 1. The lowest BCUT2D eigenvalue weighted by molar-refractivity contribution is -0.909. The van der Waals surface area contributed by atoms with Gasteiger partial charge in [0.2, 0.25) is 0 Å². The second-order valence-electron chi connectivity index (χ2n) is 5.27. The molecule has 1 aliphatic rings. The zero-order chi connectivity index (χ0) is 14.5. The van der Waals surface area contributed by atoms with Crippen molar-refractivity contribution in [2.45, 2.75) is 25.8 Å². The molecule has 5 nitrogen and oxygen atoms in total. The first kappa shape index (κ1) is 14.7. The molecule has 1 amide bonds. The van der Waals surface area contributed by atoms with Gasteiger partial charge in [0, 0.05) is 18.5 Å². The number of nitrogens with two attached hydrogens (primary N) is 1. The van der Waals surface area contributed by atoms with Crippen molar-refractivity contribution < 1.29 is 14.4 Å². The monoisotopic (exact) mass is 278 g/mol. The number of hydrogen-bond donors (Lipinski definition) is 3. The summed E-state index contributed by atoms with van der Waals surface area (Å²) in [6, 6.07) is 5.64. The van der Waals surface area contributed by atoms with Crippen molar-refractivity contribution in [1.29, 1.82) is 0 Å². The van der Waals surface area contributed by atoms with Crippen LogP contribution in [-0.4, -0.2) is 38.7 Å². The molecule has 1 heterocycles. The summed E-state index contributed by atoms with van der Waals surface area (Å²) < 4.78 is 5.21. The number of anilines is 1. The fourth-order valence-corrected chi connectivity index (χ4v) is 2.91. The first-order chi connectivity index (χ1) is 9.65. The molecule has 110 valence electrons. The first-order valence-corrected chi connectivity index (χ1v) is 7.22. The summed E-state index contributed by atoms with van der Waals surface area (Å²) in [5.74, 6) is 0.444. The van der Waals surface area contributed by atoms with Crippen molar-refractivity contribution >= 4 is 11.6 Å². The summed E-state index contributed by atoms with van der Waals surface area (Å²) in [5.41, 5.74) is 6.81. The molecular weight excluding hydrogens is 254 g/mol. The van der Waals surface area contributed by atoms with Crippen LogP contribution in [0.5, 0.6) is 5.75 Å². The van der Waals surface area contributed by atoms with Crippen molar-refractivity contribution in [3.8, 4) is 5.75 Å². The Bertz CT molecular complexity index is 476. The molecule has 1 fully saturated rings. The number of carbonyl (C=O) groups is 1. The van der Waals surface area contributed by atoms with Crippen molar-refractivity contribution in [2.75, 3.05) is 32.5 Å². The number of ether oxygens (including phenoxy) is 1. The Hall–Kier alpha value is -1.75. The van der Waals surface area contributed by atoms with Crippen LogP contribution in [0.3, 0.4) is 0 Å². The van der Waals surface area contributed by atoms with Crippen molar-refractivity contribution in [3.63, 3.8) is 0 Å². The Labute approximate surface area is 120 Å². The van der Waals surface area contributed by atoms with Gasteiger partial charge in [-0.3, -0.25) is 4.79 Å². The first-order valence-electron chi connectivity index (χ1n) is 7.22. The molecule has 1 aromatic rings. The van der Waals surface area contributed by atoms with Crippen molar-refractivity contribution in [2.24, 2.45) is 0 Å². The summed E-state index contributed by atoms with van der Waals surface area (Å²) in [4.78, 5) is 13.8. The van der Waals surface area contributed by atoms with E-state index in [0.29, 0.717) is 29.6 Å². The van der Waals surface area contributed by atoms with Gasteiger partial charge in [0.25, 0.3) is 5.91 Å². The van der Waals surface area contributed by atoms with Crippen molar-refractivity contribution in [3.05, 3.63) is 23.8 Å². The third kappa shape index (κ3) is 3.22. The van der Waals surface area contributed by atoms with Gasteiger partial charge in [-0.25, -0.2) is 0 Å². The zero-order valence-corrected chi connectivity index (χ0v) is 12.2. The van der Waals surface area contributed by atoms with E-state index in [1.165, 1.54) is 19.4 Å². The molecule has 20 heavy (non-hydrogen) atoms. The summed E-state index contributed by atoms with van der Waals surface area (Å²) in [5, 5.41) is 3.01. The van der Waals surface area contributed by atoms with Crippen LogP contribution in [-0.2, 0) is 0 Å². The number of carbonyl (C=O) groups excluding carboxylic acids is 1. The molecule has 0 radical (unpaired) electrons. The molecule has 4 N–H and O–H groups in total. The minimum Gasteiger partial charge on any atom is -0.496 e. The molecule has 0 aromatic heterocycles. The molecule has 0 spiro atoms. The van der Waals surface area contributed by atoms with Crippen LogP contribution >= 0.6 is 0 Å². The largest absolute Gasteiger partial charge is 0.496 e. The molecule has 1 aromatic carbocycles. The van der Waals surface area contributed by atoms with Crippen molar-refractivity contribution in [1.82, 2.24) is 5.32 Å². The van der Waals surface area contributed by atoms with Gasteiger partial charge < -0.3 is 20.7 Å². The average molecular weight is 278 g/mol. The number of benzene rings is 1. The van der Waals surface area contributed by atoms with Crippen LogP contribution in [0, 0.1) is 0 Å². The number of likely N-dealkylation sites (tertiary alicyclic amines) is 1. The van der Waals surface area contributed by atoms with Gasteiger partial charge in [-0.15, -0.1) is 0 Å². The Balaban J connectivity index is 2.00. The maximum Gasteiger partial charge on any atom is 0.255 e. The highest BCUT2D eigenvalue weighted by atomic mass is 16.5. The molecular formula is C15H24N3O2+. The van der Waals surface area contributed by atoms with E-state index >= 15 is 0 Å². The van der Waals surface area contributed by atoms with Crippen LogP contribution in [0.4, 0.5) is 5.69 Å². The highest BCUT2D eigenvalue weighted by Gasteiger charge is 2.27. The van der Waals surface area contributed by atoms with Gasteiger partial charge in [-0.1, -0.05) is 0 Å². The lowest BCUT2D eigenvalue weighted by Crippen LogP contribution is -3.14. The summed E-state index contributed by atoms with van der Waals surface area (Å²) in [6.07, 6.45) is 2.42. The maximum atomic E-state index is 12.3. The number of nitrogen functional groups attached to an aromatic ring is 1. The van der Waals surface area contributed by atoms with Gasteiger partial charge in [0.1, 0.15) is 11.8 Å². The Morgan fingerprint density at radius 1 is 1.55 bits per heavy atom. The average Bonchev–Trinajstić information content (AvgIpc) is 2.92. The number of nitrogens with one attached hydrogen (secondary N) is 2. The minimum absolute atomic E-state index is 0.114. The quantitative estimate of drug-likeness (QED) is 0.668. The van der Waals surface area contributed by atoms with Crippen LogP contribution in [0.25, 0.3) is 0 Å². The number of rotatable bonds is 5. The number of methoxy groups -OCH3 is 1. The second kappa shape index (κ2) is 6.61. The molecule has 2 rings (SSSR count). The third-order valence-electron chi connectivity index (χ3n) is 4.06. The van der Waals surface area contributed by atoms with Gasteiger partial charge >= 0.3 is 0 Å². The van der Waals surface area contributed by atoms with Crippen LogP contribution in [0.2, 0.25) is 0 Å². The molecule has 0 bridgehead atoms. The molecule has 0 saturated carbocycles. The van der Waals surface area contributed by atoms with E-state index in [4.69, 9.17) is 10.5 Å². The molecule has 1 unspecified atom stereocenters. The normalized spacial score (nSPS) is 21.7. The van der Waals surface area contributed by atoms with E-state index < -0.39 is 0 Å². The standard InChI is InChI=1S/C15H23N3O2/c1-3-18-8-4-5-12(18)10-17-15(19)13-9-11(16)6-7-14(13)20-2/h6-7,9,12H,3-5,8,10,16H2,1-2H3,(H,17,19)/p+1/t12-/m1/s1. The van der Waals surface area contributed by atoms with Crippen LogP contribution < -0.4 is 20.7 Å². The molecule has 5 heteroatoms. The number of likely N-dealkylation sites (N-methyl/N-ethyl adjacent to an activating group) is 1. The van der Waals surface area contributed by atoms with E-state index in [2.05, 4.69) is 12.2 Å². The predicted octanol–water partition coefficient (Wildman–Crippen LogP) is 0.0744. The Morgan fingerprint density at radius 2 is 2.35 bits per heavy atom. The highest BCUT2D eigenvalue weighted by Crippen LogP contribution is 2.20. The van der Waals surface area contributed by atoms with Crippen LogP contribution in [0.15, 0.2) is 18.2 Å². The Kier molecular flexibility index (Phi) is 4.84. The van der Waals surface area contributed by atoms with Gasteiger partial charge in [-0.2, -0.15) is 0 Å². The second-order valence-corrected chi connectivity index (χ2v) is 5.27. The van der Waals surface area contributed by atoms with E-state index in [1.54, 1.807) is 30.2 Å². The number of amides is 1. The lowest BCUT2D eigenvalue weighted by atomic mass is 10.1. The molecule has 2 atom stereocenters. The highest BCUT2D eigenvalue weighted by molar-refractivity contribution is 5.97. The smallest absolute Gasteiger partial charge is 0.255 e.